The van der Waals surface area contributed by atoms with E-state index in [1.54, 1.807) is 36.4 Å². The summed E-state index contributed by atoms with van der Waals surface area (Å²) in [5.41, 5.74) is 1.06. The average Bonchev–Trinajstić information content (AvgIpc) is 2.73. The highest BCUT2D eigenvalue weighted by atomic mass is 32.2. The van der Waals surface area contributed by atoms with Crippen LogP contribution < -0.4 is 13.8 Å². The Labute approximate surface area is 164 Å². The second-order valence-electron chi connectivity index (χ2n) is 5.99. The minimum absolute atomic E-state index is 0.0449. The molecule has 0 N–H and O–H groups in total. The summed E-state index contributed by atoms with van der Waals surface area (Å²) in [4.78, 5) is 0.153. The number of hydrogen-bond acceptors (Lipinski definition) is 4. The number of ether oxygens (including phenoxy) is 2. The lowest BCUT2D eigenvalue weighted by molar-refractivity contribution is 0.354. The van der Waals surface area contributed by atoms with Crippen molar-refractivity contribution in [2.24, 2.45) is 0 Å². The molecule has 0 saturated heterocycles. The summed E-state index contributed by atoms with van der Waals surface area (Å²) in [5, 5.41) is 0. The largest absolute Gasteiger partial charge is 0.493 e. The molecule has 0 saturated carbocycles. The molecule has 0 spiro atoms. The molecule has 0 radical (unpaired) electrons. The Bertz CT molecular complexity index is 1040. The fourth-order valence-corrected chi connectivity index (χ4v) is 4.26. The summed E-state index contributed by atoms with van der Waals surface area (Å²) in [5.74, 6) is 0.605. The third-order valence-corrected chi connectivity index (χ3v) is 6.01. The molecular formula is C21H20FNO4S. The van der Waals surface area contributed by atoms with Crippen molar-refractivity contribution in [1.29, 1.82) is 0 Å². The molecule has 5 nitrogen and oxygen atoms in total. The standard InChI is InChI=1S/C21H20FNO4S/c1-26-20-13-8-16(14-21(20)27-2)15-23(18-11-9-17(22)10-12-18)28(24,25)19-6-4-3-5-7-19/h3-14H,15H2,1-2H3. The van der Waals surface area contributed by atoms with Crippen LogP contribution in [0, 0.1) is 5.82 Å². The zero-order valence-electron chi connectivity index (χ0n) is 15.5. The van der Waals surface area contributed by atoms with Gasteiger partial charge in [-0.15, -0.1) is 0 Å². The van der Waals surface area contributed by atoms with E-state index in [4.69, 9.17) is 9.47 Å². The first-order valence-corrected chi connectivity index (χ1v) is 9.94. The monoisotopic (exact) mass is 401 g/mol. The van der Waals surface area contributed by atoms with Crippen molar-refractivity contribution >= 4 is 15.7 Å². The van der Waals surface area contributed by atoms with Gasteiger partial charge in [-0.1, -0.05) is 24.3 Å². The maximum Gasteiger partial charge on any atom is 0.264 e. The lowest BCUT2D eigenvalue weighted by atomic mass is 10.2. The summed E-state index contributed by atoms with van der Waals surface area (Å²) in [6.07, 6.45) is 0. The fraction of sp³-hybridized carbons (Fsp3) is 0.143. The van der Waals surface area contributed by atoms with Gasteiger partial charge in [0.2, 0.25) is 0 Å². The van der Waals surface area contributed by atoms with E-state index in [9.17, 15) is 12.8 Å². The predicted octanol–water partition coefficient (Wildman–Crippen LogP) is 4.24. The van der Waals surface area contributed by atoms with Crippen LogP contribution in [0.25, 0.3) is 0 Å². The molecule has 0 aliphatic carbocycles. The van der Waals surface area contributed by atoms with Gasteiger partial charge in [-0.3, -0.25) is 4.31 Å². The molecule has 3 aromatic rings. The summed E-state index contributed by atoms with van der Waals surface area (Å²) in [6, 6.07) is 18.7. The van der Waals surface area contributed by atoms with Crippen LogP contribution in [0.3, 0.4) is 0 Å². The van der Waals surface area contributed by atoms with Crippen LogP contribution in [0.15, 0.2) is 77.7 Å². The summed E-state index contributed by atoms with van der Waals surface area (Å²) in [7, 11) is -0.818. The number of anilines is 1. The van der Waals surface area contributed by atoms with Gasteiger partial charge in [-0.2, -0.15) is 0 Å². The molecule has 0 aliphatic rings. The van der Waals surface area contributed by atoms with Crippen LogP contribution in [0.1, 0.15) is 5.56 Å². The van der Waals surface area contributed by atoms with Gasteiger partial charge in [0.05, 0.1) is 31.3 Å². The number of sulfonamides is 1. The summed E-state index contributed by atoms with van der Waals surface area (Å²) in [6.45, 7) is 0.0449. The molecule has 0 aromatic heterocycles. The third-order valence-electron chi connectivity index (χ3n) is 4.22. The minimum atomic E-state index is -3.86. The van der Waals surface area contributed by atoms with Crippen LogP contribution >= 0.6 is 0 Å². The van der Waals surface area contributed by atoms with Crippen LogP contribution in [-0.4, -0.2) is 22.6 Å². The normalized spacial score (nSPS) is 11.1. The summed E-state index contributed by atoms with van der Waals surface area (Å²) < 4.78 is 51.7. The highest BCUT2D eigenvalue weighted by molar-refractivity contribution is 7.92. The molecule has 0 amide bonds. The average molecular weight is 401 g/mol. The molecule has 0 aliphatic heterocycles. The van der Waals surface area contributed by atoms with E-state index >= 15 is 0 Å². The molecule has 28 heavy (non-hydrogen) atoms. The van der Waals surface area contributed by atoms with Crippen molar-refractivity contribution in [3.05, 3.63) is 84.2 Å². The van der Waals surface area contributed by atoms with Gasteiger partial charge in [-0.05, 0) is 54.1 Å². The molecule has 0 fully saturated rings. The van der Waals surface area contributed by atoms with Gasteiger partial charge in [0.15, 0.2) is 11.5 Å². The molecule has 3 aromatic carbocycles. The van der Waals surface area contributed by atoms with Crippen molar-refractivity contribution in [2.45, 2.75) is 11.4 Å². The second-order valence-corrected chi connectivity index (χ2v) is 7.85. The smallest absolute Gasteiger partial charge is 0.264 e. The van der Waals surface area contributed by atoms with Crippen LogP contribution in [0.5, 0.6) is 11.5 Å². The lowest BCUT2D eigenvalue weighted by Gasteiger charge is -2.25. The Morgan fingerprint density at radius 3 is 2.11 bits per heavy atom. The first-order valence-electron chi connectivity index (χ1n) is 8.50. The van der Waals surface area contributed by atoms with Gasteiger partial charge >= 0.3 is 0 Å². The Balaban J connectivity index is 2.06. The van der Waals surface area contributed by atoms with Crippen molar-refractivity contribution in [3.8, 4) is 11.5 Å². The maximum absolute atomic E-state index is 13.4. The Morgan fingerprint density at radius 2 is 1.50 bits per heavy atom. The quantitative estimate of drug-likeness (QED) is 0.594. The molecule has 0 bridgehead atoms. The second kappa shape index (κ2) is 8.31. The SMILES string of the molecule is COc1ccc(CN(c2ccc(F)cc2)S(=O)(=O)c2ccccc2)cc1OC. The van der Waals surface area contributed by atoms with Crippen LogP contribution in [-0.2, 0) is 16.6 Å². The van der Waals surface area contributed by atoms with E-state index in [0.717, 1.165) is 0 Å². The van der Waals surface area contributed by atoms with E-state index in [-0.39, 0.29) is 11.4 Å². The molecule has 146 valence electrons. The predicted molar refractivity (Wildman–Crippen MR) is 106 cm³/mol. The molecular weight excluding hydrogens is 381 g/mol. The van der Waals surface area contributed by atoms with Gasteiger partial charge in [0.25, 0.3) is 10.0 Å². The third kappa shape index (κ3) is 4.09. The topological polar surface area (TPSA) is 55.8 Å². The Hall–Kier alpha value is -3.06. The van der Waals surface area contributed by atoms with Gasteiger partial charge < -0.3 is 9.47 Å². The Morgan fingerprint density at radius 1 is 0.857 bits per heavy atom. The number of rotatable bonds is 7. The van der Waals surface area contributed by atoms with Gasteiger partial charge in [0, 0.05) is 0 Å². The van der Waals surface area contributed by atoms with Crippen molar-refractivity contribution in [1.82, 2.24) is 0 Å². The number of benzene rings is 3. The van der Waals surface area contributed by atoms with E-state index in [1.807, 2.05) is 0 Å². The van der Waals surface area contributed by atoms with Crippen molar-refractivity contribution in [3.63, 3.8) is 0 Å². The van der Waals surface area contributed by atoms with Crippen LogP contribution in [0.4, 0.5) is 10.1 Å². The highest BCUT2D eigenvalue weighted by Gasteiger charge is 2.25. The maximum atomic E-state index is 13.4. The van der Waals surface area contributed by atoms with Gasteiger partial charge in [-0.25, -0.2) is 12.8 Å². The van der Waals surface area contributed by atoms with Crippen molar-refractivity contribution in [2.75, 3.05) is 18.5 Å². The van der Waals surface area contributed by atoms with E-state index in [1.165, 1.54) is 54.9 Å². The van der Waals surface area contributed by atoms with Crippen LogP contribution in [0.2, 0.25) is 0 Å². The molecule has 0 unspecified atom stereocenters. The van der Waals surface area contributed by atoms with E-state index in [2.05, 4.69) is 0 Å². The molecule has 0 atom stereocenters. The Kier molecular flexibility index (Phi) is 5.84. The first-order chi connectivity index (χ1) is 13.5. The number of hydrogen-bond donors (Lipinski definition) is 0. The first kappa shape index (κ1) is 19.7. The van der Waals surface area contributed by atoms with E-state index in [0.29, 0.717) is 22.7 Å². The molecule has 7 heteroatoms. The fourth-order valence-electron chi connectivity index (χ4n) is 2.79. The van der Waals surface area contributed by atoms with Crippen molar-refractivity contribution < 1.29 is 22.3 Å². The number of methoxy groups -OCH3 is 2. The van der Waals surface area contributed by atoms with E-state index < -0.39 is 15.8 Å². The highest BCUT2D eigenvalue weighted by Crippen LogP contribution is 2.31. The molecule has 0 heterocycles. The lowest BCUT2D eigenvalue weighted by Crippen LogP contribution is -2.30. The molecule has 3 rings (SSSR count). The zero-order valence-corrected chi connectivity index (χ0v) is 16.3. The minimum Gasteiger partial charge on any atom is -0.493 e. The number of nitrogens with zero attached hydrogens (tertiary/aromatic N) is 1. The number of halogens is 1. The van der Waals surface area contributed by atoms with Gasteiger partial charge in [0.1, 0.15) is 5.82 Å². The summed E-state index contributed by atoms with van der Waals surface area (Å²) >= 11 is 0. The zero-order chi connectivity index (χ0) is 20.1.